The average molecular weight is 451 g/mol. The molecule has 0 unspecified atom stereocenters. The van der Waals surface area contributed by atoms with Crippen LogP contribution in [-0.4, -0.2) is 44.9 Å². The van der Waals surface area contributed by atoms with E-state index in [-0.39, 0.29) is 27.4 Å². The zero-order chi connectivity index (χ0) is 21.3. The van der Waals surface area contributed by atoms with Crippen LogP contribution in [-0.2, 0) is 10.0 Å². The van der Waals surface area contributed by atoms with Gasteiger partial charge in [-0.1, -0.05) is 17.7 Å². The van der Waals surface area contributed by atoms with Gasteiger partial charge in [-0.15, -0.1) is 0 Å². The molecule has 0 aromatic heterocycles. The van der Waals surface area contributed by atoms with Crippen LogP contribution in [0.3, 0.4) is 0 Å². The summed E-state index contributed by atoms with van der Waals surface area (Å²) >= 11 is 6.17. The minimum atomic E-state index is -3.73. The predicted molar refractivity (Wildman–Crippen MR) is 113 cm³/mol. The highest BCUT2D eigenvalue weighted by molar-refractivity contribution is 7.89. The Morgan fingerprint density at radius 1 is 1.07 bits per heavy atom. The maximum Gasteiger partial charge on any atom is 0.251 e. The van der Waals surface area contributed by atoms with E-state index in [9.17, 15) is 13.2 Å². The Bertz CT molecular complexity index is 1070. The molecule has 0 saturated carbocycles. The second-order valence-electron chi connectivity index (χ2n) is 7.35. The largest absolute Gasteiger partial charge is 0.486 e. The van der Waals surface area contributed by atoms with Crippen molar-refractivity contribution in [2.75, 3.05) is 26.3 Å². The van der Waals surface area contributed by atoms with Crippen LogP contribution >= 0.6 is 11.6 Å². The lowest BCUT2D eigenvalue weighted by Gasteiger charge is -2.21. The van der Waals surface area contributed by atoms with Gasteiger partial charge >= 0.3 is 0 Å². The minimum Gasteiger partial charge on any atom is -0.486 e. The zero-order valence-electron chi connectivity index (χ0n) is 16.6. The number of hydrogen-bond donors (Lipinski definition) is 1. The number of hydrogen-bond acceptors (Lipinski definition) is 5. The fourth-order valence-corrected chi connectivity index (χ4v) is 5.62. The number of carbonyl (C=O) groups is 1. The molecular weight excluding hydrogens is 428 g/mol. The van der Waals surface area contributed by atoms with Crippen molar-refractivity contribution >= 4 is 27.5 Å². The summed E-state index contributed by atoms with van der Waals surface area (Å²) in [6, 6.07) is 9.53. The first-order chi connectivity index (χ1) is 14.4. The highest BCUT2D eigenvalue weighted by Gasteiger charge is 2.30. The van der Waals surface area contributed by atoms with Crippen LogP contribution in [0, 0.1) is 0 Å². The first kappa shape index (κ1) is 21.0. The molecular formula is C21H23ClN2O5S. The number of nitrogens with one attached hydrogen (secondary N) is 1. The van der Waals surface area contributed by atoms with Crippen LogP contribution in [0.2, 0.25) is 5.02 Å². The number of amides is 1. The second kappa shape index (κ2) is 8.45. The molecule has 2 heterocycles. The van der Waals surface area contributed by atoms with Gasteiger partial charge in [0.05, 0.1) is 11.1 Å². The lowest BCUT2D eigenvalue weighted by molar-refractivity contribution is 0.0939. The van der Waals surface area contributed by atoms with Crippen molar-refractivity contribution in [2.24, 2.45) is 0 Å². The molecule has 160 valence electrons. The van der Waals surface area contributed by atoms with Crippen molar-refractivity contribution in [2.45, 2.75) is 30.7 Å². The topological polar surface area (TPSA) is 84.9 Å². The number of carbonyl (C=O) groups excluding carboxylic acids is 1. The molecule has 30 heavy (non-hydrogen) atoms. The summed E-state index contributed by atoms with van der Waals surface area (Å²) in [5, 5.41) is 3.01. The van der Waals surface area contributed by atoms with E-state index in [1.165, 1.54) is 22.5 Å². The summed E-state index contributed by atoms with van der Waals surface area (Å²) in [6.45, 7) is 3.78. The van der Waals surface area contributed by atoms with Crippen molar-refractivity contribution in [3.63, 3.8) is 0 Å². The molecule has 2 aliphatic heterocycles. The normalized spacial score (nSPS) is 17.5. The number of rotatable bonds is 5. The van der Waals surface area contributed by atoms with Gasteiger partial charge in [0, 0.05) is 18.7 Å². The van der Waals surface area contributed by atoms with Crippen molar-refractivity contribution in [3.05, 3.63) is 52.5 Å². The maximum atomic E-state index is 12.9. The molecule has 4 rings (SSSR count). The molecule has 2 aliphatic rings. The van der Waals surface area contributed by atoms with Gasteiger partial charge in [-0.25, -0.2) is 8.42 Å². The van der Waals surface area contributed by atoms with Gasteiger partial charge in [-0.05, 0) is 55.7 Å². The van der Waals surface area contributed by atoms with Gasteiger partial charge in [-0.3, -0.25) is 4.79 Å². The van der Waals surface area contributed by atoms with Gasteiger partial charge in [0.2, 0.25) is 10.0 Å². The molecule has 0 bridgehead atoms. The number of sulfonamides is 1. The van der Waals surface area contributed by atoms with Crippen molar-refractivity contribution in [1.29, 1.82) is 0 Å². The number of fused-ring (bicyclic) bond motifs is 1. The van der Waals surface area contributed by atoms with Gasteiger partial charge in [0.15, 0.2) is 11.5 Å². The van der Waals surface area contributed by atoms with E-state index in [0.29, 0.717) is 37.8 Å². The molecule has 1 N–H and O–H groups in total. The Morgan fingerprint density at radius 2 is 1.77 bits per heavy atom. The van der Waals surface area contributed by atoms with Crippen molar-refractivity contribution in [1.82, 2.24) is 9.62 Å². The Balaban J connectivity index is 1.53. The lowest BCUT2D eigenvalue weighted by Crippen LogP contribution is -2.29. The molecule has 1 amide bonds. The molecule has 0 aliphatic carbocycles. The molecule has 7 nitrogen and oxygen atoms in total. The van der Waals surface area contributed by atoms with Crippen molar-refractivity contribution in [3.8, 4) is 11.5 Å². The average Bonchev–Trinajstić information content (AvgIpc) is 3.29. The first-order valence-corrected chi connectivity index (χ1v) is 11.7. The monoisotopic (exact) mass is 450 g/mol. The standard InChI is InChI=1S/C21H23ClN2O5S/c1-14(15-5-7-18-19(12-15)29-11-10-28-18)23-21(25)16-4-6-17(22)20(13-16)30(26,27)24-8-2-3-9-24/h4-7,12-14H,2-3,8-11H2,1H3,(H,23,25)/t14-/m0/s1. The number of halogens is 1. The van der Waals surface area contributed by atoms with Gasteiger partial charge in [-0.2, -0.15) is 4.31 Å². The molecule has 1 fully saturated rings. The fraction of sp³-hybridized carbons (Fsp3) is 0.381. The Labute approximate surface area is 181 Å². The van der Waals surface area contributed by atoms with Crippen molar-refractivity contribution < 1.29 is 22.7 Å². The molecule has 1 saturated heterocycles. The Kier molecular flexibility index (Phi) is 5.90. The molecule has 0 spiro atoms. The summed E-state index contributed by atoms with van der Waals surface area (Å²) in [4.78, 5) is 12.8. The number of benzene rings is 2. The Morgan fingerprint density at radius 3 is 2.50 bits per heavy atom. The van der Waals surface area contributed by atoms with E-state index in [1.807, 2.05) is 25.1 Å². The summed E-state index contributed by atoms with van der Waals surface area (Å²) < 4.78 is 38.3. The third kappa shape index (κ3) is 4.12. The van der Waals surface area contributed by atoms with E-state index in [1.54, 1.807) is 0 Å². The molecule has 2 aromatic rings. The predicted octanol–water partition coefficient (Wildman–Crippen LogP) is 3.39. The maximum absolute atomic E-state index is 12.9. The summed E-state index contributed by atoms with van der Waals surface area (Å²) in [7, 11) is -3.73. The number of nitrogens with zero attached hydrogens (tertiary/aromatic N) is 1. The minimum absolute atomic E-state index is 0.0364. The Hall–Kier alpha value is -2.29. The molecule has 1 atom stereocenters. The van der Waals surface area contributed by atoms with Crippen LogP contribution < -0.4 is 14.8 Å². The van der Waals surface area contributed by atoms with Crippen LogP contribution in [0.5, 0.6) is 11.5 Å². The summed E-state index contributed by atoms with van der Waals surface area (Å²) in [6.07, 6.45) is 1.65. The smallest absolute Gasteiger partial charge is 0.251 e. The summed E-state index contributed by atoms with van der Waals surface area (Å²) in [5.41, 5.74) is 1.09. The van der Waals surface area contributed by atoms with E-state index in [4.69, 9.17) is 21.1 Å². The highest BCUT2D eigenvalue weighted by atomic mass is 35.5. The van der Waals surface area contributed by atoms with Crippen LogP contribution in [0.25, 0.3) is 0 Å². The van der Waals surface area contributed by atoms with Crippen LogP contribution in [0.1, 0.15) is 41.7 Å². The fourth-order valence-electron chi connectivity index (χ4n) is 3.60. The molecule has 9 heteroatoms. The summed E-state index contributed by atoms with van der Waals surface area (Å²) in [5.74, 6) is 0.940. The first-order valence-electron chi connectivity index (χ1n) is 9.86. The van der Waals surface area contributed by atoms with E-state index in [2.05, 4.69) is 5.32 Å². The second-order valence-corrected chi connectivity index (χ2v) is 9.67. The van der Waals surface area contributed by atoms with E-state index in [0.717, 1.165) is 18.4 Å². The third-order valence-corrected chi connectivity index (χ3v) is 7.67. The molecule has 2 aromatic carbocycles. The van der Waals surface area contributed by atoms with E-state index < -0.39 is 10.0 Å². The number of ether oxygens (including phenoxy) is 2. The highest BCUT2D eigenvalue weighted by Crippen LogP contribution is 2.33. The third-order valence-electron chi connectivity index (χ3n) is 5.29. The van der Waals surface area contributed by atoms with Gasteiger partial charge in [0.25, 0.3) is 5.91 Å². The van der Waals surface area contributed by atoms with Gasteiger partial charge in [0.1, 0.15) is 18.1 Å². The van der Waals surface area contributed by atoms with E-state index >= 15 is 0 Å². The van der Waals surface area contributed by atoms with Gasteiger partial charge < -0.3 is 14.8 Å². The van der Waals surface area contributed by atoms with Crippen LogP contribution in [0.4, 0.5) is 0 Å². The zero-order valence-corrected chi connectivity index (χ0v) is 18.1. The quantitative estimate of drug-likeness (QED) is 0.754. The lowest BCUT2D eigenvalue weighted by atomic mass is 10.1. The van der Waals surface area contributed by atoms with Crippen LogP contribution in [0.15, 0.2) is 41.3 Å². The SMILES string of the molecule is C[C@H](NC(=O)c1ccc(Cl)c(S(=O)(=O)N2CCCC2)c1)c1ccc2c(c1)OCCO2. The molecule has 0 radical (unpaired) electrons.